The lowest BCUT2D eigenvalue weighted by atomic mass is 9.89. The Bertz CT molecular complexity index is 914. The zero-order chi connectivity index (χ0) is 24.8. The van der Waals surface area contributed by atoms with Crippen LogP contribution in [0.4, 0.5) is 5.69 Å². The summed E-state index contributed by atoms with van der Waals surface area (Å²) >= 11 is 0. The van der Waals surface area contributed by atoms with Crippen molar-refractivity contribution in [2.24, 2.45) is 5.92 Å². The summed E-state index contributed by atoms with van der Waals surface area (Å²) in [5.41, 5.74) is 1.02. The smallest absolute Gasteiger partial charge is 0.257 e. The minimum absolute atomic E-state index is 0.0400. The van der Waals surface area contributed by atoms with E-state index in [0.29, 0.717) is 42.4 Å². The summed E-state index contributed by atoms with van der Waals surface area (Å²) in [7, 11) is 1.79. The van der Waals surface area contributed by atoms with E-state index in [9.17, 15) is 14.4 Å². The molecular weight excluding hydrogens is 446 g/mol. The van der Waals surface area contributed by atoms with E-state index < -0.39 is 0 Å². The molecule has 1 saturated heterocycles. The van der Waals surface area contributed by atoms with Gasteiger partial charge in [-0.3, -0.25) is 14.4 Å². The predicted molar refractivity (Wildman–Crippen MR) is 133 cm³/mol. The summed E-state index contributed by atoms with van der Waals surface area (Å²) in [5.74, 6) is 0.884. The summed E-state index contributed by atoms with van der Waals surface area (Å²) in [6.07, 6.45) is 8.76. The van der Waals surface area contributed by atoms with Crippen LogP contribution in [0, 0.1) is 5.92 Å². The number of anilines is 1. The van der Waals surface area contributed by atoms with Crippen molar-refractivity contribution in [3.8, 4) is 5.75 Å². The van der Waals surface area contributed by atoms with E-state index in [1.54, 1.807) is 30.1 Å². The van der Waals surface area contributed by atoms with Crippen molar-refractivity contribution in [1.82, 2.24) is 10.2 Å². The van der Waals surface area contributed by atoms with Crippen LogP contribution in [0.2, 0.25) is 0 Å². The molecule has 0 spiro atoms. The van der Waals surface area contributed by atoms with E-state index in [-0.39, 0.29) is 36.0 Å². The van der Waals surface area contributed by atoms with Crippen LogP contribution in [0.15, 0.2) is 18.2 Å². The van der Waals surface area contributed by atoms with Crippen molar-refractivity contribution in [2.75, 3.05) is 25.5 Å². The molecule has 192 valence electrons. The molecule has 2 heterocycles. The van der Waals surface area contributed by atoms with Crippen molar-refractivity contribution >= 4 is 23.4 Å². The van der Waals surface area contributed by atoms with Gasteiger partial charge in [-0.25, -0.2) is 0 Å². The first-order chi connectivity index (χ1) is 16.9. The van der Waals surface area contributed by atoms with E-state index in [0.717, 1.165) is 25.8 Å². The number of nitrogens with zero attached hydrogens (tertiary/aromatic N) is 1. The van der Waals surface area contributed by atoms with Gasteiger partial charge in [-0.2, -0.15) is 0 Å². The molecule has 8 nitrogen and oxygen atoms in total. The van der Waals surface area contributed by atoms with Crippen LogP contribution in [0.5, 0.6) is 5.75 Å². The number of likely N-dealkylation sites (N-methyl/N-ethyl adjacent to an activating group) is 1. The number of nitrogens with one attached hydrogen (secondary N) is 2. The molecule has 0 radical (unpaired) electrons. The van der Waals surface area contributed by atoms with Gasteiger partial charge in [0.25, 0.3) is 5.91 Å². The molecule has 3 atom stereocenters. The van der Waals surface area contributed by atoms with E-state index in [4.69, 9.17) is 9.47 Å². The van der Waals surface area contributed by atoms with Gasteiger partial charge in [0.2, 0.25) is 11.8 Å². The molecule has 2 N–H and O–H groups in total. The normalized spacial score (nSPS) is 24.9. The number of ether oxygens (including phenoxy) is 2. The quantitative estimate of drug-likeness (QED) is 0.611. The number of rotatable bonds is 7. The number of hydrogen-bond donors (Lipinski definition) is 2. The molecule has 1 aromatic carbocycles. The highest BCUT2D eigenvalue weighted by Crippen LogP contribution is 2.32. The maximum Gasteiger partial charge on any atom is 0.257 e. The molecule has 3 aliphatic rings. The van der Waals surface area contributed by atoms with Gasteiger partial charge in [-0.1, -0.05) is 26.2 Å². The molecule has 1 aromatic rings. The Kier molecular flexibility index (Phi) is 8.65. The fourth-order valence-corrected chi connectivity index (χ4v) is 5.48. The van der Waals surface area contributed by atoms with E-state index in [2.05, 4.69) is 10.6 Å². The SMILES string of the molecule is CCCC(=O)Nc1ccc2c(c1)C(=O)N(C)[C@H]1CC[C@H](CC(=O)NCC3CCCCC3)O[C@H]1CO2. The molecule has 0 bridgehead atoms. The third-order valence-electron chi connectivity index (χ3n) is 7.50. The van der Waals surface area contributed by atoms with Gasteiger partial charge >= 0.3 is 0 Å². The highest BCUT2D eigenvalue weighted by molar-refractivity contribution is 5.99. The van der Waals surface area contributed by atoms with E-state index >= 15 is 0 Å². The molecule has 4 rings (SSSR count). The van der Waals surface area contributed by atoms with E-state index in [1.807, 2.05) is 6.92 Å². The lowest BCUT2D eigenvalue weighted by Crippen LogP contribution is -2.54. The predicted octanol–water partition coefficient (Wildman–Crippen LogP) is 3.89. The average molecular weight is 486 g/mol. The van der Waals surface area contributed by atoms with E-state index in [1.165, 1.54) is 32.1 Å². The van der Waals surface area contributed by atoms with Crippen LogP contribution in [-0.2, 0) is 14.3 Å². The van der Waals surface area contributed by atoms with Crippen LogP contribution in [0.25, 0.3) is 0 Å². The monoisotopic (exact) mass is 485 g/mol. The number of hydrogen-bond acceptors (Lipinski definition) is 5. The second-order valence-electron chi connectivity index (χ2n) is 10.2. The average Bonchev–Trinajstić information content (AvgIpc) is 2.86. The molecule has 3 amide bonds. The molecule has 8 heteroatoms. The number of carbonyl (C=O) groups is 3. The molecule has 0 unspecified atom stereocenters. The van der Waals surface area contributed by atoms with Gasteiger partial charge < -0.3 is 25.0 Å². The summed E-state index contributed by atoms with van der Waals surface area (Å²) in [4.78, 5) is 39.6. The minimum Gasteiger partial charge on any atom is -0.490 e. The number of fused-ring (bicyclic) bond motifs is 2. The Balaban J connectivity index is 1.35. The molecule has 0 aromatic heterocycles. The van der Waals surface area contributed by atoms with Gasteiger partial charge in [0, 0.05) is 25.7 Å². The van der Waals surface area contributed by atoms with Crippen molar-refractivity contribution in [3.63, 3.8) is 0 Å². The van der Waals surface area contributed by atoms with Gasteiger partial charge in [-0.05, 0) is 56.2 Å². The molecule has 1 aliphatic carbocycles. The highest BCUT2D eigenvalue weighted by atomic mass is 16.5. The molecule has 35 heavy (non-hydrogen) atoms. The highest BCUT2D eigenvalue weighted by Gasteiger charge is 2.39. The topological polar surface area (TPSA) is 97.0 Å². The Morgan fingerprint density at radius 2 is 1.89 bits per heavy atom. The van der Waals surface area contributed by atoms with Crippen LogP contribution in [0.1, 0.15) is 81.5 Å². The van der Waals surface area contributed by atoms with Crippen molar-refractivity contribution in [2.45, 2.75) is 89.4 Å². The summed E-state index contributed by atoms with van der Waals surface area (Å²) < 4.78 is 12.3. The molecule has 2 aliphatic heterocycles. The van der Waals surface area contributed by atoms with Crippen molar-refractivity contribution in [1.29, 1.82) is 0 Å². The van der Waals surface area contributed by atoms with Crippen LogP contribution in [-0.4, -0.2) is 61.1 Å². The summed E-state index contributed by atoms with van der Waals surface area (Å²) in [6.45, 7) is 3.01. The van der Waals surface area contributed by atoms with Crippen molar-refractivity contribution < 1.29 is 23.9 Å². The first kappa shape index (κ1) is 25.5. The Morgan fingerprint density at radius 1 is 1.09 bits per heavy atom. The Hall–Kier alpha value is -2.61. The van der Waals surface area contributed by atoms with Gasteiger partial charge in [0.1, 0.15) is 18.5 Å². The maximum atomic E-state index is 13.3. The maximum absolute atomic E-state index is 13.3. The summed E-state index contributed by atoms with van der Waals surface area (Å²) in [6, 6.07) is 5.03. The van der Waals surface area contributed by atoms with Crippen molar-refractivity contribution in [3.05, 3.63) is 23.8 Å². The van der Waals surface area contributed by atoms with Crippen LogP contribution < -0.4 is 15.4 Å². The second kappa shape index (κ2) is 11.9. The lowest BCUT2D eigenvalue weighted by molar-refractivity contribution is -0.134. The number of carbonyl (C=O) groups excluding carboxylic acids is 3. The standard InChI is InChI=1S/C27H39N3O5/c1-3-7-25(31)29-19-10-13-23-21(14-19)27(33)30(2)22-12-11-20(35-24(22)17-34-23)15-26(32)28-16-18-8-5-4-6-9-18/h10,13-14,18,20,22,24H,3-9,11-12,15-17H2,1-2H3,(H,28,32)(H,29,31)/t20-,22+,24+/m1/s1. The zero-order valence-corrected chi connectivity index (χ0v) is 21.0. The zero-order valence-electron chi connectivity index (χ0n) is 21.0. The molecule has 1 saturated carbocycles. The third-order valence-corrected chi connectivity index (χ3v) is 7.50. The summed E-state index contributed by atoms with van der Waals surface area (Å²) in [5, 5.41) is 5.95. The number of benzene rings is 1. The van der Waals surface area contributed by atoms with Crippen LogP contribution >= 0.6 is 0 Å². The Morgan fingerprint density at radius 3 is 2.66 bits per heavy atom. The third kappa shape index (κ3) is 6.54. The molecule has 2 fully saturated rings. The Labute approximate surface area is 208 Å². The van der Waals surface area contributed by atoms with Crippen LogP contribution in [0.3, 0.4) is 0 Å². The second-order valence-corrected chi connectivity index (χ2v) is 10.2. The van der Waals surface area contributed by atoms with Gasteiger partial charge in [0.05, 0.1) is 24.1 Å². The minimum atomic E-state index is -0.300. The first-order valence-electron chi connectivity index (χ1n) is 13.2. The fraction of sp³-hybridized carbons (Fsp3) is 0.667. The first-order valence-corrected chi connectivity index (χ1v) is 13.2. The van der Waals surface area contributed by atoms with Gasteiger partial charge in [-0.15, -0.1) is 0 Å². The molecular formula is C27H39N3O5. The largest absolute Gasteiger partial charge is 0.490 e. The lowest BCUT2D eigenvalue weighted by Gasteiger charge is -2.42. The number of amides is 3. The van der Waals surface area contributed by atoms with Gasteiger partial charge in [0.15, 0.2) is 0 Å². The fourth-order valence-electron chi connectivity index (χ4n) is 5.48.